The Labute approximate surface area is 218 Å². The number of hydrogen-bond acceptors (Lipinski definition) is 4. The Hall–Kier alpha value is -3.45. The van der Waals surface area contributed by atoms with Crippen LogP contribution in [0.3, 0.4) is 0 Å². The van der Waals surface area contributed by atoms with E-state index < -0.39 is 29.8 Å². The molecule has 4 rings (SSSR count). The summed E-state index contributed by atoms with van der Waals surface area (Å²) in [6.07, 6.45) is 5.61. The van der Waals surface area contributed by atoms with E-state index in [9.17, 15) is 19.5 Å². The van der Waals surface area contributed by atoms with Crippen molar-refractivity contribution in [2.24, 2.45) is 23.7 Å². The third-order valence-corrected chi connectivity index (χ3v) is 7.91. The van der Waals surface area contributed by atoms with Gasteiger partial charge in [0, 0.05) is 18.7 Å². The van der Waals surface area contributed by atoms with Gasteiger partial charge in [-0.1, -0.05) is 74.0 Å². The molecule has 0 bridgehead atoms. The van der Waals surface area contributed by atoms with Crippen molar-refractivity contribution >= 4 is 23.4 Å². The molecule has 2 aromatic rings. The van der Waals surface area contributed by atoms with Crippen molar-refractivity contribution in [1.82, 2.24) is 10.2 Å². The minimum atomic E-state index is -0.875. The summed E-state index contributed by atoms with van der Waals surface area (Å²) in [5.41, 5.74) is 3.31. The van der Waals surface area contributed by atoms with Crippen LogP contribution in [-0.4, -0.2) is 47.4 Å². The Morgan fingerprint density at radius 1 is 1.00 bits per heavy atom. The molecule has 2 aliphatic rings. The number of allylic oxidation sites excluding steroid dienone is 1. The lowest BCUT2D eigenvalue weighted by Crippen LogP contribution is -2.47. The quantitative estimate of drug-likeness (QED) is 0.478. The number of benzene rings is 2. The highest BCUT2D eigenvalue weighted by atomic mass is 16.3. The van der Waals surface area contributed by atoms with E-state index in [1.807, 2.05) is 74.5 Å². The smallest absolute Gasteiger partial charge is 0.247 e. The third kappa shape index (κ3) is 4.92. The molecule has 37 heavy (non-hydrogen) atoms. The molecule has 3 amide bonds. The maximum Gasteiger partial charge on any atom is 0.247 e. The number of rotatable bonds is 8. The number of aliphatic hydroxyl groups is 1. The first kappa shape index (κ1) is 26.6. The first-order valence-electron chi connectivity index (χ1n) is 13.1. The van der Waals surface area contributed by atoms with E-state index in [1.165, 1.54) is 4.90 Å². The minimum absolute atomic E-state index is 0.0956. The molecule has 1 saturated heterocycles. The normalized spacial score (nSPS) is 25.5. The molecule has 0 saturated carbocycles. The number of nitrogens with zero attached hydrogens (tertiary/aromatic N) is 1. The van der Waals surface area contributed by atoms with Gasteiger partial charge in [0.25, 0.3) is 0 Å². The molecule has 1 aliphatic heterocycles. The fourth-order valence-electron chi connectivity index (χ4n) is 6.15. The van der Waals surface area contributed by atoms with Crippen molar-refractivity contribution < 1.29 is 19.5 Å². The van der Waals surface area contributed by atoms with E-state index in [-0.39, 0.29) is 30.2 Å². The molecule has 0 aromatic heterocycles. The molecule has 0 unspecified atom stereocenters. The van der Waals surface area contributed by atoms with Crippen molar-refractivity contribution in [3.8, 4) is 0 Å². The lowest BCUT2D eigenvalue weighted by atomic mass is 9.68. The van der Waals surface area contributed by atoms with Gasteiger partial charge in [-0.3, -0.25) is 14.4 Å². The fourth-order valence-corrected chi connectivity index (χ4v) is 6.15. The van der Waals surface area contributed by atoms with E-state index in [2.05, 4.69) is 17.6 Å². The molecular weight excluding hydrogens is 466 g/mol. The van der Waals surface area contributed by atoms with Crippen LogP contribution in [0.5, 0.6) is 0 Å². The standard InChI is InChI=1S/C30H37N3O4/c1-5-10-21-15-16-22-25(24(21)28(35)31-4)30(37)33(23(17-34)20-13-7-6-8-14-20)27(22)29(36)32-26-18(2)11-9-12-19(26)3/h6-9,11-16,21-25,27,34H,5,10,17H2,1-4H3,(H,31,35)(H,32,36)/t21-,22+,23-,24-,25-,27+/m1/s1. The van der Waals surface area contributed by atoms with Gasteiger partial charge in [0.15, 0.2) is 0 Å². The molecule has 1 aliphatic carbocycles. The Morgan fingerprint density at radius 3 is 2.27 bits per heavy atom. The van der Waals surface area contributed by atoms with Crippen LogP contribution in [-0.2, 0) is 14.4 Å². The van der Waals surface area contributed by atoms with Crippen LogP contribution in [0.15, 0.2) is 60.7 Å². The van der Waals surface area contributed by atoms with Gasteiger partial charge in [0.2, 0.25) is 17.7 Å². The number of hydrogen-bond donors (Lipinski definition) is 3. The van der Waals surface area contributed by atoms with E-state index in [4.69, 9.17) is 0 Å². The number of likely N-dealkylation sites (tertiary alicyclic amines) is 1. The highest BCUT2D eigenvalue weighted by Crippen LogP contribution is 2.48. The predicted molar refractivity (Wildman–Crippen MR) is 144 cm³/mol. The number of carbonyl (C=O) groups is 3. The van der Waals surface area contributed by atoms with E-state index >= 15 is 0 Å². The zero-order chi connectivity index (χ0) is 26.7. The number of fused-ring (bicyclic) bond motifs is 1. The third-order valence-electron chi connectivity index (χ3n) is 7.91. The highest BCUT2D eigenvalue weighted by Gasteiger charge is 2.58. The molecule has 1 fully saturated rings. The molecule has 0 radical (unpaired) electrons. The summed E-state index contributed by atoms with van der Waals surface area (Å²) in [6.45, 7) is 5.58. The van der Waals surface area contributed by atoms with Gasteiger partial charge < -0.3 is 20.6 Å². The van der Waals surface area contributed by atoms with Gasteiger partial charge >= 0.3 is 0 Å². The summed E-state index contributed by atoms with van der Waals surface area (Å²) < 4.78 is 0. The number of carbonyl (C=O) groups excluding carboxylic acids is 3. The van der Waals surface area contributed by atoms with Gasteiger partial charge in [-0.15, -0.1) is 0 Å². The van der Waals surface area contributed by atoms with E-state index in [0.29, 0.717) is 0 Å². The largest absolute Gasteiger partial charge is 0.394 e. The summed E-state index contributed by atoms with van der Waals surface area (Å²) in [4.78, 5) is 42.9. The summed E-state index contributed by atoms with van der Waals surface area (Å²) in [5.74, 6) is -2.64. The van der Waals surface area contributed by atoms with Crippen LogP contribution in [0, 0.1) is 37.5 Å². The second-order valence-electron chi connectivity index (χ2n) is 10.1. The monoisotopic (exact) mass is 503 g/mol. The predicted octanol–water partition coefficient (Wildman–Crippen LogP) is 3.77. The van der Waals surface area contributed by atoms with Crippen LogP contribution in [0.2, 0.25) is 0 Å². The lowest BCUT2D eigenvalue weighted by Gasteiger charge is -2.34. The first-order valence-corrected chi connectivity index (χ1v) is 13.1. The molecule has 0 spiro atoms. The fraction of sp³-hybridized carbons (Fsp3) is 0.433. The zero-order valence-electron chi connectivity index (χ0n) is 22.0. The minimum Gasteiger partial charge on any atom is -0.394 e. The second-order valence-corrected chi connectivity index (χ2v) is 10.1. The first-order chi connectivity index (χ1) is 17.8. The van der Waals surface area contributed by atoms with Crippen molar-refractivity contribution in [3.05, 3.63) is 77.4 Å². The van der Waals surface area contributed by atoms with Crippen LogP contribution in [0.1, 0.15) is 42.5 Å². The number of nitrogens with one attached hydrogen (secondary N) is 2. The zero-order valence-corrected chi connectivity index (χ0v) is 22.0. The number of amides is 3. The molecule has 2 aromatic carbocycles. The van der Waals surface area contributed by atoms with E-state index in [1.54, 1.807) is 7.05 Å². The van der Waals surface area contributed by atoms with Gasteiger partial charge in [0.05, 0.1) is 24.5 Å². The van der Waals surface area contributed by atoms with Gasteiger partial charge in [0.1, 0.15) is 6.04 Å². The van der Waals surface area contributed by atoms with Crippen LogP contribution in [0.4, 0.5) is 5.69 Å². The van der Waals surface area contributed by atoms with Crippen LogP contribution in [0.25, 0.3) is 0 Å². The van der Waals surface area contributed by atoms with Crippen molar-refractivity contribution in [3.63, 3.8) is 0 Å². The summed E-state index contributed by atoms with van der Waals surface area (Å²) in [5, 5.41) is 16.3. The second kappa shape index (κ2) is 11.3. The van der Waals surface area contributed by atoms with Gasteiger partial charge in [-0.25, -0.2) is 0 Å². The van der Waals surface area contributed by atoms with Crippen molar-refractivity contribution in [2.75, 3.05) is 19.0 Å². The van der Waals surface area contributed by atoms with Crippen LogP contribution >= 0.6 is 0 Å². The maximum atomic E-state index is 14.2. The average Bonchev–Trinajstić information content (AvgIpc) is 3.19. The number of anilines is 1. The summed E-state index contributed by atoms with van der Waals surface area (Å²) in [7, 11) is 1.58. The Morgan fingerprint density at radius 2 is 1.68 bits per heavy atom. The van der Waals surface area contributed by atoms with Crippen molar-refractivity contribution in [2.45, 2.75) is 45.7 Å². The van der Waals surface area contributed by atoms with Gasteiger partial charge in [-0.2, -0.15) is 0 Å². The molecule has 1 heterocycles. The number of para-hydroxylation sites is 1. The Balaban J connectivity index is 1.82. The molecular formula is C30H37N3O4. The molecule has 6 atom stereocenters. The topological polar surface area (TPSA) is 98.7 Å². The van der Waals surface area contributed by atoms with Crippen LogP contribution < -0.4 is 10.6 Å². The summed E-state index contributed by atoms with van der Waals surface area (Å²) in [6, 6.07) is 13.5. The van der Waals surface area contributed by atoms with Crippen molar-refractivity contribution in [1.29, 1.82) is 0 Å². The average molecular weight is 504 g/mol. The molecule has 7 heteroatoms. The number of aryl methyl sites for hydroxylation is 2. The SMILES string of the molecule is CCC[C@@H]1C=C[C@H]2[C@@H](C(=O)N([C@H](CO)c3ccccc3)[C@@H]2C(=O)Nc2c(C)cccc2C)[C@@H]1C(=O)NC. The highest BCUT2D eigenvalue weighted by molar-refractivity contribution is 6.02. The molecule has 3 N–H and O–H groups in total. The number of aliphatic hydroxyl groups excluding tert-OH is 1. The summed E-state index contributed by atoms with van der Waals surface area (Å²) >= 11 is 0. The Bertz CT molecular complexity index is 1160. The molecule has 7 nitrogen and oxygen atoms in total. The molecule has 196 valence electrons. The Kier molecular flexibility index (Phi) is 8.13. The van der Waals surface area contributed by atoms with E-state index in [0.717, 1.165) is 35.2 Å². The lowest BCUT2D eigenvalue weighted by molar-refractivity contribution is -0.143. The maximum absolute atomic E-state index is 14.2. The van der Waals surface area contributed by atoms with Gasteiger partial charge in [-0.05, 0) is 42.9 Å².